The third-order valence-electron chi connectivity index (χ3n) is 2.60. The topological polar surface area (TPSA) is 85.1 Å². The van der Waals surface area contributed by atoms with E-state index in [4.69, 9.17) is 5.84 Å². The number of rotatable bonds is 7. The molecule has 1 atom stereocenters. The lowest BCUT2D eigenvalue weighted by atomic mass is 10.1. The first kappa shape index (κ1) is 14.1. The summed E-state index contributed by atoms with van der Waals surface area (Å²) in [5, 5.41) is 0. The molecule has 1 rings (SSSR count). The van der Waals surface area contributed by atoms with E-state index in [1.807, 2.05) is 12.1 Å². The fourth-order valence-corrected chi connectivity index (χ4v) is 2.27. The summed E-state index contributed by atoms with van der Waals surface area (Å²) in [4.78, 5) is 3.94. The maximum atomic E-state index is 11.0. The van der Waals surface area contributed by atoms with Gasteiger partial charge < -0.3 is 0 Å². The molecule has 17 heavy (non-hydrogen) atoms. The first-order valence-corrected chi connectivity index (χ1v) is 7.60. The van der Waals surface area contributed by atoms with Crippen LogP contribution in [0.2, 0.25) is 0 Å². The van der Waals surface area contributed by atoms with Gasteiger partial charge in [-0.15, -0.1) is 0 Å². The molecule has 0 spiro atoms. The van der Waals surface area contributed by atoms with Crippen molar-refractivity contribution < 1.29 is 8.42 Å². The van der Waals surface area contributed by atoms with E-state index in [9.17, 15) is 8.42 Å². The van der Waals surface area contributed by atoms with E-state index in [1.165, 1.54) is 11.8 Å². The van der Waals surface area contributed by atoms with Gasteiger partial charge in [0.2, 0.25) is 0 Å². The van der Waals surface area contributed by atoms with Crippen LogP contribution in [0.5, 0.6) is 0 Å². The van der Waals surface area contributed by atoms with E-state index in [1.54, 1.807) is 12.4 Å². The fourth-order valence-electron chi connectivity index (χ4n) is 1.56. The lowest BCUT2D eigenvalue weighted by Gasteiger charge is -2.14. The predicted octanol–water partition coefficient (Wildman–Crippen LogP) is 0.281. The molecular formula is C11H19N3O2S. The summed E-state index contributed by atoms with van der Waals surface area (Å²) in [6, 6.07) is 3.92. The maximum Gasteiger partial charge on any atom is 0.147 e. The van der Waals surface area contributed by atoms with Crippen LogP contribution in [0.15, 0.2) is 24.5 Å². The van der Waals surface area contributed by atoms with Crippen LogP contribution in [0.1, 0.15) is 18.4 Å². The second kappa shape index (κ2) is 6.68. The van der Waals surface area contributed by atoms with Gasteiger partial charge in [0.15, 0.2) is 0 Å². The van der Waals surface area contributed by atoms with Crippen LogP contribution >= 0.6 is 0 Å². The fraction of sp³-hybridized carbons (Fsp3) is 0.545. The number of nitrogens with one attached hydrogen (secondary N) is 1. The van der Waals surface area contributed by atoms with Crippen LogP contribution in [-0.4, -0.2) is 31.5 Å². The standard InChI is InChI=1S/C11H19N3O2S/c1-17(15,16)9-6-11(14-12)3-2-10-4-7-13-8-5-10/h4-5,7-8,11,14H,2-3,6,9,12H2,1H3. The number of hydrazine groups is 1. The highest BCUT2D eigenvalue weighted by Crippen LogP contribution is 2.06. The Labute approximate surface area is 102 Å². The van der Waals surface area contributed by atoms with E-state index in [2.05, 4.69) is 10.4 Å². The quantitative estimate of drug-likeness (QED) is 0.541. The predicted molar refractivity (Wildman–Crippen MR) is 68.0 cm³/mol. The number of pyridine rings is 1. The molecule has 0 bridgehead atoms. The minimum Gasteiger partial charge on any atom is -0.271 e. The summed E-state index contributed by atoms with van der Waals surface area (Å²) in [6.07, 6.45) is 6.95. The number of hydrogen-bond donors (Lipinski definition) is 2. The van der Waals surface area contributed by atoms with Gasteiger partial charge >= 0.3 is 0 Å². The number of hydrogen-bond acceptors (Lipinski definition) is 5. The van der Waals surface area contributed by atoms with Crippen LogP contribution in [0.3, 0.4) is 0 Å². The Hall–Kier alpha value is -0.980. The van der Waals surface area contributed by atoms with Crippen LogP contribution in [0, 0.1) is 0 Å². The van der Waals surface area contributed by atoms with Crippen molar-refractivity contribution in [2.45, 2.75) is 25.3 Å². The van der Waals surface area contributed by atoms with Crippen molar-refractivity contribution in [3.63, 3.8) is 0 Å². The minimum absolute atomic E-state index is 0.0258. The van der Waals surface area contributed by atoms with Crippen molar-refractivity contribution in [1.82, 2.24) is 10.4 Å². The number of aromatic nitrogens is 1. The Bertz CT molecular complexity index is 420. The number of nitrogens with zero attached hydrogens (tertiary/aromatic N) is 1. The van der Waals surface area contributed by atoms with Crippen molar-refractivity contribution >= 4 is 9.84 Å². The van der Waals surface area contributed by atoms with Gasteiger partial charge in [0.25, 0.3) is 0 Å². The molecule has 0 saturated carbocycles. The Morgan fingerprint density at radius 1 is 1.35 bits per heavy atom. The molecule has 1 aromatic heterocycles. The van der Waals surface area contributed by atoms with Crippen LogP contribution in [0.4, 0.5) is 0 Å². The molecule has 0 saturated heterocycles. The molecule has 5 nitrogen and oxygen atoms in total. The van der Waals surface area contributed by atoms with Gasteiger partial charge in [-0.05, 0) is 37.0 Å². The maximum absolute atomic E-state index is 11.0. The molecule has 0 radical (unpaired) electrons. The van der Waals surface area contributed by atoms with Crippen LogP contribution in [0.25, 0.3) is 0 Å². The number of nitrogens with two attached hydrogens (primary N) is 1. The normalized spacial score (nSPS) is 13.5. The summed E-state index contributed by atoms with van der Waals surface area (Å²) < 4.78 is 22.1. The second-order valence-electron chi connectivity index (χ2n) is 4.18. The van der Waals surface area contributed by atoms with Gasteiger partial charge in [0.05, 0.1) is 5.75 Å². The summed E-state index contributed by atoms with van der Waals surface area (Å²) in [6.45, 7) is 0. The molecule has 0 aliphatic carbocycles. The van der Waals surface area contributed by atoms with Gasteiger partial charge in [-0.3, -0.25) is 16.3 Å². The summed E-state index contributed by atoms with van der Waals surface area (Å²) in [7, 11) is -2.92. The Kier molecular flexibility index (Phi) is 5.54. The van der Waals surface area contributed by atoms with E-state index in [0.29, 0.717) is 6.42 Å². The van der Waals surface area contributed by atoms with Gasteiger partial charge in [0.1, 0.15) is 9.84 Å². The Morgan fingerprint density at radius 2 is 2.00 bits per heavy atom. The molecule has 0 aliphatic heterocycles. The summed E-state index contributed by atoms with van der Waals surface area (Å²) in [5.74, 6) is 5.57. The smallest absolute Gasteiger partial charge is 0.147 e. The molecule has 96 valence electrons. The highest BCUT2D eigenvalue weighted by atomic mass is 32.2. The van der Waals surface area contributed by atoms with Crippen molar-refractivity contribution in [2.24, 2.45) is 5.84 Å². The molecule has 3 N–H and O–H groups in total. The van der Waals surface area contributed by atoms with Crippen LogP contribution in [-0.2, 0) is 16.3 Å². The first-order chi connectivity index (χ1) is 8.01. The number of aryl methyl sites for hydroxylation is 1. The monoisotopic (exact) mass is 257 g/mol. The molecule has 0 aliphatic rings. The molecule has 1 aromatic rings. The van der Waals surface area contributed by atoms with Gasteiger partial charge in [-0.2, -0.15) is 0 Å². The van der Waals surface area contributed by atoms with E-state index < -0.39 is 9.84 Å². The lowest BCUT2D eigenvalue weighted by molar-refractivity contribution is 0.479. The first-order valence-electron chi connectivity index (χ1n) is 5.54. The highest BCUT2D eigenvalue weighted by molar-refractivity contribution is 7.90. The van der Waals surface area contributed by atoms with E-state index in [0.717, 1.165) is 12.8 Å². The third-order valence-corrected chi connectivity index (χ3v) is 3.58. The Morgan fingerprint density at radius 3 is 2.53 bits per heavy atom. The molecule has 0 amide bonds. The average molecular weight is 257 g/mol. The highest BCUT2D eigenvalue weighted by Gasteiger charge is 2.10. The van der Waals surface area contributed by atoms with Gasteiger partial charge in [0, 0.05) is 24.7 Å². The van der Waals surface area contributed by atoms with Gasteiger partial charge in [-0.1, -0.05) is 0 Å². The molecule has 1 unspecified atom stereocenters. The molecule has 0 aromatic carbocycles. The zero-order valence-corrected chi connectivity index (χ0v) is 10.8. The van der Waals surface area contributed by atoms with Crippen molar-refractivity contribution in [1.29, 1.82) is 0 Å². The minimum atomic E-state index is -2.92. The zero-order valence-electron chi connectivity index (χ0n) is 9.96. The van der Waals surface area contributed by atoms with E-state index in [-0.39, 0.29) is 11.8 Å². The second-order valence-corrected chi connectivity index (χ2v) is 6.44. The summed E-state index contributed by atoms with van der Waals surface area (Å²) in [5.41, 5.74) is 3.85. The Balaban J connectivity index is 2.38. The third kappa shape index (κ3) is 6.35. The molecule has 1 heterocycles. The van der Waals surface area contributed by atoms with Crippen molar-refractivity contribution in [3.8, 4) is 0 Å². The molecule has 6 heteroatoms. The van der Waals surface area contributed by atoms with Gasteiger partial charge in [-0.25, -0.2) is 8.42 Å². The van der Waals surface area contributed by atoms with Crippen molar-refractivity contribution in [3.05, 3.63) is 30.1 Å². The SMILES string of the molecule is CS(=O)(=O)CCC(CCc1ccncc1)NN. The van der Waals surface area contributed by atoms with Crippen molar-refractivity contribution in [2.75, 3.05) is 12.0 Å². The molecular weight excluding hydrogens is 238 g/mol. The lowest BCUT2D eigenvalue weighted by Crippen LogP contribution is -2.36. The average Bonchev–Trinajstić information content (AvgIpc) is 2.29. The van der Waals surface area contributed by atoms with E-state index >= 15 is 0 Å². The molecule has 0 fully saturated rings. The number of sulfone groups is 1. The zero-order chi connectivity index (χ0) is 12.7. The largest absolute Gasteiger partial charge is 0.271 e. The summed E-state index contributed by atoms with van der Waals surface area (Å²) >= 11 is 0. The van der Waals surface area contributed by atoms with Crippen LogP contribution < -0.4 is 11.3 Å².